The second-order valence-corrected chi connectivity index (χ2v) is 9.92. The predicted octanol–water partition coefficient (Wildman–Crippen LogP) is 5.58. The van der Waals surface area contributed by atoms with Crippen LogP contribution >= 0.6 is 0 Å². The summed E-state index contributed by atoms with van der Waals surface area (Å²) in [4.78, 5) is 0. The first kappa shape index (κ1) is 19.5. The van der Waals surface area contributed by atoms with Crippen molar-refractivity contribution in [1.29, 1.82) is 0 Å². The van der Waals surface area contributed by atoms with Gasteiger partial charge in [0.05, 0.1) is 0 Å². The van der Waals surface area contributed by atoms with Gasteiger partial charge in [0, 0.05) is 6.04 Å². The minimum atomic E-state index is 0.509. The van der Waals surface area contributed by atoms with Crippen LogP contribution in [0.15, 0.2) is 24.3 Å². The van der Waals surface area contributed by atoms with Gasteiger partial charge in [-0.3, -0.25) is 0 Å². The first-order chi connectivity index (χ1) is 13.2. The molecule has 1 aromatic rings. The molecule has 1 aromatic carbocycles. The van der Waals surface area contributed by atoms with Crippen LogP contribution in [0.4, 0.5) is 0 Å². The summed E-state index contributed by atoms with van der Waals surface area (Å²) in [5.41, 5.74) is 9.14. The van der Waals surface area contributed by atoms with E-state index in [0.29, 0.717) is 12.0 Å². The van der Waals surface area contributed by atoms with Gasteiger partial charge in [0.25, 0.3) is 0 Å². The van der Waals surface area contributed by atoms with Crippen LogP contribution in [0, 0.1) is 17.8 Å². The van der Waals surface area contributed by atoms with E-state index in [0.717, 1.165) is 30.2 Å². The van der Waals surface area contributed by atoms with Gasteiger partial charge in [-0.25, -0.2) is 0 Å². The number of benzene rings is 1. The fraction of sp³-hybridized carbons (Fsp3) is 0.760. The summed E-state index contributed by atoms with van der Waals surface area (Å²) in [6, 6.07) is 10.3. The van der Waals surface area contributed by atoms with Crippen molar-refractivity contribution < 1.29 is 0 Å². The van der Waals surface area contributed by atoms with Gasteiger partial charge in [0.15, 0.2) is 0 Å². The molecule has 0 bridgehead atoms. The van der Waals surface area contributed by atoms with Gasteiger partial charge in [-0.15, -0.1) is 0 Å². The molecule has 3 N–H and O–H groups in total. The van der Waals surface area contributed by atoms with Gasteiger partial charge in [0.2, 0.25) is 0 Å². The molecule has 4 rings (SSSR count). The van der Waals surface area contributed by atoms with Crippen LogP contribution in [-0.2, 0) is 0 Å². The highest BCUT2D eigenvalue weighted by Gasteiger charge is 2.32. The van der Waals surface area contributed by atoms with Gasteiger partial charge in [-0.2, -0.15) is 0 Å². The maximum Gasteiger partial charge on any atom is 0.00738 e. The zero-order valence-electron chi connectivity index (χ0n) is 17.3. The molecule has 2 heteroatoms. The summed E-state index contributed by atoms with van der Waals surface area (Å²) in [5.74, 6) is 4.34. The number of hydrogen-bond donors (Lipinski definition) is 2. The van der Waals surface area contributed by atoms with Crippen molar-refractivity contribution in [2.75, 3.05) is 13.1 Å². The van der Waals surface area contributed by atoms with E-state index < -0.39 is 0 Å². The Morgan fingerprint density at radius 3 is 2.30 bits per heavy atom. The highest BCUT2D eigenvalue weighted by Crippen LogP contribution is 2.45. The first-order valence-corrected chi connectivity index (χ1v) is 11.8. The third-order valence-electron chi connectivity index (χ3n) is 8.07. The number of hydrogen-bond acceptors (Lipinski definition) is 2. The molecule has 0 spiro atoms. The van der Waals surface area contributed by atoms with E-state index in [4.69, 9.17) is 5.73 Å². The third kappa shape index (κ3) is 4.77. The molecule has 1 saturated heterocycles. The Labute approximate surface area is 166 Å². The zero-order chi connectivity index (χ0) is 18.6. The molecule has 27 heavy (non-hydrogen) atoms. The predicted molar refractivity (Wildman–Crippen MR) is 115 cm³/mol. The average molecular weight is 369 g/mol. The zero-order valence-corrected chi connectivity index (χ0v) is 17.3. The summed E-state index contributed by atoms with van der Waals surface area (Å²) < 4.78 is 0. The van der Waals surface area contributed by atoms with Gasteiger partial charge in [-0.1, -0.05) is 37.6 Å². The lowest BCUT2D eigenvalue weighted by Crippen LogP contribution is -2.26. The van der Waals surface area contributed by atoms with Crippen molar-refractivity contribution >= 4 is 0 Å². The number of rotatable bonds is 6. The van der Waals surface area contributed by atoms with Crippen molar-refractivity contribution in [3.05, 3.63) is 35.4 Å². The van der Waals surface area contributed by atoms with E-state index in [1.54, 1.807) is 5.56 Å². The Morgan fingerprint density at radius 1 is 0.963 bits per heavy atom. The van der Waals surface area contributed by atoms with E-state index in [1.165, 1.54) is 76.3 Å². The largest absolute Gasteiger partial charge is 0.330 e. The maximum atomic E-state index is 6.12. The first-order valence-electron chi connectivity index (χ1n) is 11.8. The molecule has 1 heterocycles. The molecule has 2 saturated carbocycles. The Morgan fingerprint density at radius 2 is 1.70 bits per heavy atom. The van der Waals surface area contributed by atoms with Crippen LogP contribution in [0.2, 0.25) is 0 Å². The topological polar surface area (TPSA) is 38.0 Å². The third-order valence-corrected chi connectivity index (χ3v) is 8.07. The quantitative estimate of drug-likeness (QED) is 0.688. The highest BCUT2D eigenvalue weighted by molar-refractivity contribution is 5.28. The van der Waals surface area contributed by atoms with E-state index in [1.807, 2.05) is 0 Å². The Hall–Kier alpha value is -0.860. The van der Waals surface area contributed by atoms with Crippen LogP contribution in [0.5, 0.6) is 0 Å². The minimum absolute atomic E-state index is 0.509. The van der Waals surface area contributed by atoms with Crippen LogP contribution in [0.25, 0.3) is 0 Å². The van der Waals surface area contributed by atoms with Gasteiger partial charge in [0.1, 0.15) is 0 Å². The monoisotopic (exact) mass is 368 g/mol. The van der Waals surface area contributed by atoms with Crippen LogP contribution in [0.1, 0.15) is 94.1 Å². The van der Waals surface area contributed by atoms with Crippen LogP contribution in [0.3, 0.4) is 0 Å². The molecule has 0 radical (unpaired) electrons. The summed E-state index contributed by atoms with van der Waals surface area (Å²) in [6.45, 7) is 4.40. The van der Waals surface area contributed by atoms with Gasteiger partial charge < -0.3 is 11.1 Å². The fourth-order valence-corrected chi connectivity index (χ4v) is 6.31. The van der Waals surface area contributed by atoms with E-state index >= 15 is 0 Å². The average Bonchev–Trinajstić information content (AvgIpc) is 3.38. The standard InChI is InChI=1S/C25H40N2/c1-18-4-5-23(15-18)21-10-6-19(7-11-21)20-8-12-22(13-9-20)24(17-26)16-25-3-2-14-27-25/h8-9,12-13,18-19,21,23-25,27H,2-7,10-11,14-17,26H2,1H3/t18-,19?,21?,23+,24?,25+/m0/s1. The van der Waals surface area contributed by atoms with Gasteiger partial charge in [-0.05, 0) is 112 Å². The number of nitrogens with one attached hydrogen (secondary N) is 1. The Bertz CT molecular complexity index is 566. The lowest BCUT2D eigenvalue weighted by molar-refractivity contribution is 0.231. The molecule has 3 fully saturated rings. The van der Waals surface area contributed by atoms with Gasteiger partial charge >= 0.3 is 0 Å². The molecule has 3 aliphatic rings. The maximum absolute atomic E-state index is 6.12. The minimum Gasteiger partial charge on any atom is -0.330 e. The summed E-state index contributed by atoms with van der Waals surface area (Å²) in [6.07, 6.45) is 14.0. The molecule has 4 atom stereocenters. The molecule has 2 nitrogen and oxygen atoms in total. The van der Waals surface area contributed by atoms with Crippen molar-refractivity contribution in [3.63, 3.8) is 0 Å². The molecular weight excluding hydrogens is 328 g/mol. The van der Waals surface area contributed by atoms with Crippen molar-refractivity contribution in [3.8, 4) is 0 Å². The molecule has 0 aromatic heterocycles. The smallest absolute Gasteiger partial charge is 0.00738 e. The fourth-order valence-electron chi connectivity index (χ4n) is 6.31. The summed E-state index contributed by atoms with van der Waals surface area (Å²) >= 11 is 0. The number of nitrogens with two attached hydrogens (primary N) is 1. The molecule has 1 aliphatic heterocycles. The highest BCUT2D eigenvalue weighted by atomic mass is 14.9. The van der Waals surface area contributed by atoms with E-state index in [9.17, 15) is 0 Å². The summed E-state index contributed by atoms with van der Waals surface area (Å²) in [7, 11) is 0. The molecule has 0 amide bonds. The second-order valence-electron chi connectivity index (χ2n) is 9.92. The second kappa shape index (κ2) is 9.09. The Kier molecular flexibility index (Phi) is 6.55. The van der Waals surface area contributed by atoms with E-state index in [-0.39, 0.29) is 0 Å². The molecule has 2 aliphatic carbocycles. The van der Waals surface area contributed by atoms with Crippen LogP contribution in [-0.4, -0.2) is 19.1 Å². The molecule has 1 unspecified atom stereocenters. The van der Waals surface area contributed by atoms with Crippen molar-refractivity contribution in [1.82, 2.24) is 5.32 Å². The van der Waals surface area contributed by atoms with Crippen molar-refractivity contribution in [2.45, 2.75) is 89.0 Å². The normalized spacial score (nSPS) is 35.4. The summed E-state index contributed by atoms with van der Waals surface area (Å²) in [5, 5.41) is 3.63. The molecular formula is C25H40N2. The SMILES string of the molecule is C[C@H]1CC[C@@H](C2CCC(c3ccc(C(CN)C[C@H]4CCCN4)cc3)CC2)C1. The lowest BCUT2D eigenvalue weighted by Gasteiger charge is -2.32. The van der Waals surface area contributed by atoms with E-state index in [2.05, 4.69) is 36.5 Å². The lowest BCUT2D eigenvalue weighted by atomic mass is 9.73. The molecule has 150 valence electrons. The van der Waals surface area contributed by atoms with Crippen LogP contribution < -0.4 is 11.1 Å². The Balaban J connectivity index is 1.31. The van der Waals surface area contributed by atoms with Crippen molar-refractivity contribution in [2.24, 2.45) is 23.5 Å².